The van der Waals surface area contributed by atoms with E-state index in [0.29, 0.717) is 12.0 Å². The number of carbonyl (C=O) groups excluding carboxylic acids is 1. The van der Waals surface area contributed by atoms with Crippen molar-refractivity contribution in [1.29, 1.82) is 0 Å². The second kappa shape index (κ2) is 8.02. The summed E-state index contributed by atoms with van der Waals surface area (Å²) >= 11 is 0. The number of likely N-dealkylation sites (tertiary alicyclic amines) is 1. The van der Waals surface area contributed by atoms with Gasteiger partial charge in [-0.15, -0.1) is 0 Å². The predicted molar refractivity (Wildman–Crippen MR) is 98.2 cm³/mol. The fourth-order valence-electron chi connectivity index (χ4n) is 2.88. The lowest BCUT2D eigenvalue weighted by Crippen LogP contribution is -2.46. The van der Waals surface area contributed by atoms with E-state index in [0.717, 1.165) is 32.5 Å². The Morgan fingerprint density at radius 3 is 2.29 bits per heavy atom. The Balaban J connectivity index is 1.74. The number of hydrogen-bond acceptors (Lipinski definition) is 3. The van der Waals surface area contributed by atoms with Gasteiger partial charge in [0.1, 0.15) is 5.60 Å². The highest BCUT2D eigenvalue weighted by Gasteiger charge is 2.26. The zero-order valence-electron chi connectivity index (χ0n) is 15.8. The molecule has 24 heavy (non-hydrogen) atoms. The highest BCUT2D eigenvalue weighted by atomic mass is 16.6. The molecule has 0 saturated carbocycles. The Kier molecular flexibility index (Phi) is 6.27. The first-order valence-electron chi connectivity index (χ1n) is 9.05. The molecule has 1 heterocycles. The third kappa shape index (κ3) is 5.82. The number of ether oxygens (including phenoxy) is 1. The standard InChI is InChI=1S/C20H32N2O2/c1-15(2)17-8-6-16(7-9-17)14-21-18-10-12-22(13-11-18)19(23)24-20(3,4)5/h6-9,15,18,21H,10-14H2,1-5H3. The van der Waals surface area contributed by atoms with Crippen LogP contribution in [-0.4, -0.2) is 35.7 Å². The molecule has 0 aliphatic carbocycles. The molecule has 0 spiro atoms. The maximum atomic E-state index is 12.1. The molecular formula is C20H32N2O2. The van der Waals surface area contributed by atoms with Gasteiger partial charge >= 0.3 is 6.09 Å². The molecule has 1 N–H and O–H groups in total. The summed E-state index contributed by atoms with van der Waals surface area (Å²) in [6.07, 6.45) is 1.76. The first kappa shape index (κ1) is 18.8. The van der Waals surface area contributed by atoms with Crippen LogP contribution in [0.5, 0.6) is 0 Å². The molecule has 1 aromatic rings. The van der Waals surface area contributed by atoms with Gasteiger partial charge in [-0.25, -0.2) is 4.79 Å². The second-order valence-corrected chi connectivity index (χ2v) is 8.02. The van der Waals surface area contributed by atoms with Crippen LogP contribution in [-0.2, 0) is 11.3 Å². The minimum absolute atomic E-state index is 0.190. The zero-order chi connectivity index (χ0) is 17.7. The summed E-state index contributed by atoms with van der Waals surface area (Å²) < 4.78 is 5.44. The molecular weight excluding hydrogens is 300 g/mol. The van der Waals surface area contributed by atoms with Crippen molar-refractivity contribution in [3.63, 3.8) is 0 Å². The molecule has 1 aliphatic heterocycles. The van der Waals surface area contributed by atoms with Crippen molar-refractivity contribution in [1.82, 2.24) is 10.2 Å². The van der Waals surface area contributed by atoms with Gasteiger partial charge < -0.3 is 15.0 Å². The van der Waals surface area contributed by atoms with Gasteiger partial charge in [-0.1, -0.05) is 38.1 Å². The number of benzene rings is 1. The second-order valence-electron chi connectivity index (χ2n) is 8.02. The highest BCUT2D eigenvalue weighted by Crippen LogP contribution is 2.17. The summed E-state index contributed by atoms with van der Waals surface area (Å²) in [5.74, 6) is 0.573. The topological polar surface area (TPSA) is 41.6 Å². The summed E-state index contributed by atoms with van der Waals surface area (Å²) in [5.41, 5.74) is 2.27. The summed E-state index contributed by atoms with van der Waals surface area (Å²) in [6.45, 7) is 12.6. The molecule has 1 aliphatic rings. The van der Waals surface area contributed by atoms with Crippen LogP contribution in [0, 0.1) is 0 Å². The molecule has 2 rings (SSSR count). The van der Waals surface area contributed by atoms with Crippen molar-refractivity contribution in [2.75, 3.05) is 13.1 Å². The van der Waals surface area contributed by atoms with Gasteiger partial charge in [-0.3, -0.25) is 0 Å². The molecule has 0 atom stereocenters. The van der Waals surface area contributed by atoms with E-state index in [9.17, 15) is 4.79 Å². The first-order valence-corrected chi connectivity index (χ1v) is 9.05. The monoisotopic (exact) mass is 332 g/mol. The fourth-order valence-corrected chi connectivity index (χ4v) is 2.88. The number of hydrogen-bond donors (Lipinski definition) is 1. The van der Waals surface area contributed by atoms with Crippen molar-refractivity contribution in [3.8, 4) is 0 Å². The van der Waals surface area contributed by atoms with Crippen LogP contribution < -0.4 is 5.32 Å². The molecule has 0 radical (unpaired) electrons. The van der Waals surface area contributed by atoms with Gasteiger partial charge in [0.2, 0.25) is 0 Å². The molecule has 4 nitrogen and oxygen atoms in total. The molecule has 4 heteroatoms. The highest BCUT2D eigenvalue weighted by molar-refractivity contribution is 5.68. The number of piperidine rings is 1. The Bertz CT molecular complexity index is 524. The minimum atomic E-state index is -0.422. The van der Waals surface area contributed by atoms with E-state index >= 15 is 0 Å². The van der Waals surface area contributed by atoms with E-state index in [2.05, 4.69) is 43.4 Å². The summed E-state index contributed by atoms with van der Waals surface area (Å²) in [6, 6.07) is 9.31. The van der Waals surface area contributed by atoms with Crippen LogP contribution in [0.25, 0.3) is 0 Å². The molecule has 134 valence electrons. The number of carbonyl (C=O) groups is 1. The summed E-state index contributed by atoms with van der Waals surface area (Å²) in [4.78, 5) is 13.9. The Morgan fingerprint density at radius 1 is 1.21 bits per heavy atom. The van der Waals surface area contributed by atoms with Gasteiger partial charge in [0.15, 0.2) is 0 Å². The molecule has 1 aromatic carbocycles. The van der Waals surface area contributed by atoms with Crippen molar-refractivity contribution < 1.29 is 9.53 Å². The van der Waals surface area contributed by atoms with E-state index in [1.165, 1.54) is 11.1 Å². The molecule has 0 bridgehead atoms. The normalized spacial score (nSPS) is 16.5. The lowest BCUT2D eigenvalue weighted by Gasteiger charge is -2.33. The number of rotatable bonds is 4. The maximum absolute atomic E-state index is 12.1. The maximum Gasteiger partial charge on any atom is 0.410 e. The average Bonchev–Trinajstić information content (AvgIpc) is 2.52. The third-order valence-electron chi connectivity index (χ3n) is 4.39. The Hall–Kier alpha value is -1.55. The quantitative estimate of drug-likeness (QED) is 0.894. The molecule has 1 saturated heterocycles. The van der Waals surface area contributed by atoms with Crippen molar-refractivity contribution in [2.45, 2.75) is 71.6 Å². The van der Waals surface area contributed by atoms with E-state index in [1.54, 1.807) is 0 Å². The smallest absolute Gasteiger partial charge is 0.410 e. The largest absolute Gasteiger partial charge is 0.444 e. The summed E-state index contributed by atoms with van der Waals surface area (Å²) in [7, 11) is 0. The Morgan fingerprint density at radius 2 is 1.79 bits per heavy atom. The number of nitrogens with one attached hydrogen (secondary N) is 1. The average molecular weight is 332 g/mol. The number of amides is 1. The van der Waals surface area contributed by atoms with Crippen LogP contribution in [0.2, 0.25) is 0 Å². The van der Waals surface area contributed by atoms with Gasteiger partial charge in [-0.2, -0.15) is 0 Å². The van der Waals surface area contributed by atoms with Gasteiger partial charge in [0.25, 0.3) is 0 Å². The van der Waals surface area contributed by atoms with E-state index in [4.69, 9.17) is 4.74 Å². The lowest BCUT2D eigenvalue weighted by atomic mass is 10.0. The number of nitrogens with zero attached hydrogens (tertiary/aromatic N) is 1. The minimum Gasteiger partial charge on any atom is -0.444 e. The first-order chi connectivity index (χ1) is 11.2. The van der Waals surface area contributed by atoms with E-state index in [1.807, 2.05) is 25.7 Å². The summed E-state index contributed by atoms with van der Waals surface area (Å²) in [5, 5.41) is 3.62. The van der Waals surface area contributed by atoms with Crippen molar-refractivity contribution in [2.24, 2.45) is 0 Å². The van der Waals surface area contributed by atoms with Crippen LogP contribution in [0.4, 0.5) is 4.79 Å². The third-order valence-corrected chi connectivity index (χ3v) is 4.39. The van der Waals surface area contributed by atoms with E-state index in [-0.39, 0.29) is 6.09 Å². The molecule has 0 aromatic heterocycles. The van der Waals surface area contributed by atoms with Gasteiger partial charge in [0, 0.05) is 25.7 Å². The van der Waals surface area contributed by atoms with Crippen LogP contribution in [0.3, 0.4) is 0 Å². The van der Waals surface area contributed by atoms with E-state index < -0.39 is 5.60 Å². The SMILES string of the molecule is CC(C)c1ccc(CNC2CCN(C(=O)OC(C)(C)C)CC2)cc1. The van der Waals surface area contributed by atoms with Gasteiger partial charge in [0.05, 0.1) is 0 Å². The molecule has 1 amide bonds. The van der Waals surface area contributed by atoms with Gasteiger partial charge in [-0.05, 0) is 50.7 Å². The van der Waals surface area contributed by atoms with Crippen LogP contribution in [0.15, 0.2) is 24.3 Å². The lowest BCUT2D eigenvalue weighted by molar-refractivity contribution is 0.0198. The van der Waals surface area contributed by atoms with Crippen molar-refractivity contribution in [3.05, 3.63) is 35.4 Å². The molecule has 0 unspecified atom stereocenters. The molecule has 1 fully saturated rings. The van der Waals surface area contributed by atoms with Crippen LogP contribution in [0.1, 0.15) is 64.5 Å². The van der Waals surface area contributed by atoms with Crippen molar-refractivity contribution >= 4 is 6.09 Å². The Labute approximate surface area is 146 Å². The van der Waals surface area contributed by atoms with Crippen LogP contribution >= 0.6 is 0 Å². The fraction of sp³-hybridized carbons (Fsp3) is 0.650. The zero-order valence-corrected chi connectivity index (χ0v) is 15.8. The predicted octanol–water partition coefficient (Wildman–Crippen LogP) is 4.30.